The van der Waals surface area contributed by atoms with Crippen LogP contribution in [0.25, 0.3) is 11.1 Å². The van der Waals surface area contributed by atoms with E-state index in [0.717, 1.165) is 37.7 Å². The van der Waals surface area contributed by atoms with Crippen LogP contribution in [-0.2, 0) is 6.18 Å². The van der Waals surface area contributed by atoms with Crippen LogP contribution in [0.2, 0.25) is 0 Å². The first kappa shape index (κ1) is 20.3. The summed E-state index contributed by atoms with van der Waals surface area (Å²) in [5.74, 6) is -0.0114. The number of carbonyl (C=O) groups excluding carboxylic acids is 1. The van der Waals surface area contributed by atoms with E-state index in [1.165, 1.54) is 12.3 Å². The second-order valence-corrected chi connectivity index (χ2v) is 7.28. The van der Waals surface area contributed by atoms with Gasteiger partial charge in [0.05, 0.1) is 0 Å². The summed E-state index contributed by atoms with van der Waals surface area (Å²) in [5, 5.41) is 0. The summed E-state index contributed by atoms with van der Waals surface area (Å²) in [6.07, 6.45) is -2.30. The van der Waals surface area contributed by atoms with Crippen LogP contribution in [0.5, 0.6) is 0 Å². The lowest BCUT2D eigenvalue weighted by Crippen LogP contribution is -2.37. The number of hydrogen-bond donors (Lipinski definition) is 0. The Bertz CT molecular complexity index is 801. The first-order valence-electron chi connectivity index (χ1n) is 9.43. The van der Waals surface area contributed by atoms with E-state index in [1.807, 2.05) is 4.90 Å². The van der Waals surface area contributed by atoms with Gasteiger partial charge in [0.15, 0.2) is 0 Å². The van der Waals surface area contributed by atoms with E-state index >= 15 is 0 Å². The highest BCUT2D eigenvalue weighted by atomic mass is 19.4. The monoisotopic (exact) mass is 391 g/mol. The minimum atomic E-state index is -4.45. The molecule has 1 fully saturated rings. The first-order chi connectivity index (χ1) is 13.3. The van der Waals surface area contributed by atoms with Gasteiger partial charge in [-0.25, -0.2) is 0 Å². The summed E-state index contributed by atoms with van der Waals surface area (Å²) in [6, 6.07) is 9.76. The molecule has 0 saturated carbocycles. The van der Waals surface area contributed by atoms with Crippen LogP contribution < -0.4 is 0 Å². The van der Waals surface area contributed by atoms with Crippen LogP contribution >= 0.6 is 0 Å². The number of pyridine rings is 1. The standard InChI is InChI=1S/C21H24F3N3O/c1-15(2)26-10-3-11-27(13-12-26)20(28)17-6-4-16(5-7-17)18-8-9-19(25-14-18)21(22,23)24/h4-9,14-15H,3,10-13H2,1-2H3. The molecular weight excluding hydrogens is 367 g/mol. The molecule has 0 spiro atoms. The van der Waals surface area contributed by atoms with Gasteiger partial charge >= 0.3 is 6.18 Å². The molecule has 0 bridgehead atoms. The maximum atomic E-state index is 12.8. The van der Waals surface area contributed by atoms with Gasteiger partial charge in [0, 0.05) is 49.5 Å². The second-order valence-electron chi connectivity index (χ2n) is 7.28. The molecule has 1 aromatic carbocycles. The predicted molar refractivity (Wildman–Crippen MR) is 102 cm³/mol. The number of hydrogen-bond acceptors (Lipinski definition) is 3. The molecule has 1 saturated heterocycles. The zero-order valence-electron chi connectivity index (χ0n) is 16.0. The van der Waals surface area contributed by atoms with Crippen molar-refractivity contribution < 1.29 is 18.0 Å². The van der Waals surface area contributed by atoms with Crippen LogP contribution in [0, 0.1) is 0 Å². The van der Waals surface area contributed by atoms with Gasteiger partial charge in [-0.3, -0.25) is 14.7 Å². The molecule has 1 aromatic heterocycles. The van der Waals surface area contributed by atoms with E-state index in [2.05, 4.69) is 23.7 Å². The lowest BCUT2D eigenvalue weighted by Gasteiger charge is -2.25. The molecule has 0 unspecified atom stereocenters. The lowest BCUT2D eigenvalue weighted by atomic mass is 10.0. The van der Waals surface area contributed by atoms with Crippen molar-refractivity contribution in [3.8, 4) is 11.1 Å². The quantitative estimate of drug-likeness (QED) is 0.782. The molecule has 4 nitrogen and oxygen atoms in total. The lowest BCUT2D eigenvalue weighted by molar-refractivity contribution is -0.141. The van der Waals surface area contributed by atoms with Crippen LogP contribution in [0.15, 0.2) is 42.6 Å². The highest BCUT2D eigenvalue weighted by Crippen LogP contribution is 2.29. The second kappa shape index (κ2) is 8.31. The molecule has 1 aliphatic heterocycles. The van der Waals surface area contributed by atoms with Gasteiger partial charge in [-0.15, -0.1) is 0 Å². The van der Waals surface area contributed by atoms with Crippen LogP contribution in [0.4, 0.5) is 13.2 Å². The van der Waals surface area contributed by atoms with Crippen LogP contribution in [0.1, 0.15) is 36.3 Å². The Morgan fingerprint density at radius 1 is 0.964 bits per heavy atom. The SMILES string of the molecule is CC(C)N1CCCN(C(=O)c2ccc(-c3ccc(C(F)(F)F)nc3)cc2)CC1. The predicted octanol–water partition coefficient (Wildman–Crippen LogP) is 4.32. The average molecular weight is 391 g/mol. The fourth-order valence-corrected chi connectivity index (χ4v) is 3.38. The van der Waals surface area contributed by atoms with Crippen molar-refractivity contribution in [3.63, 3.8) is 0 Å². The third-order valence-electron chi connectivity index (χ3n) is 5.07. The molecule has 0 N–H and O–H groups in total. The Morgan fingerprint density at radius 2 is 1.64 bits per heavy atom. The number of amides is 1. The van der Waals surface area contributed by atoms with Crippen molar-refractivity contribution in [1.82, 2.24) is 14.8 Å². The number of nitrogens with zero attached hydrogens (tertiary/aromatic N) is 3. The van der Waals surface area contributed by atoms with Gasteiger partial charge in [0.2, 0.25) is 0 Å². The summed E-state index contributed by atoms with van der Waals surface area (Å²) in [6.45, 7) is 7.59. The molecule has 0 atom stereocenters. The Hall–Kier alpha value is -2.41. The molecule has 1 aliphatic rings. The number of benzene rings is 1. The summed E-state index contributed by atoms with van der Waals surface area (Å²) in [4.78, 5) is 20.5. The fourth-order valence-electron chi connectivity index (χ4n) is 3.38. The third kappa shape index (κ3) is 4.70. The molecule has 0 radical (unpaired) electrons. The van der Waals surface area contributed by atoms with Crippen molar-refractivity contribution in [2.75, 3.05) is 26.2 Å². The number of carbonyl (C=O) groups is 1. The van der Waals surface area contributed by atoms with Crippen LogP contribution in [0.3, 0.4) is 0 Å². The molecule has 1 amide bonds. The molecule has 7 heteroatoms. The van der Waals surface area contributed by atoms with Crippen LogP contribution in [-0.4, -0.2) is 52.9 Å². The van der Waals surface area contributed by atoms with Gasteiger partial charge < -0.3 is 4.90 Å². The third-order valence-corrected chi connectivity index (χ3v) is 5.07. The average Bonchev–Trinajstić information content (AvgIpc) is 2.93. The maximum Gasteiger partial charge on any atom is 0.433 e. The number of rotatable bonds is 3. The molecule has 28 heavy (non-hydrogen) atoms. The highest BCUT2D eigenvalue weighted by Gasteiger charge is 2.32. The summed E-state index contributed by atoms with van der Waals surface area (Å²) in [7, 11) is 0. The fraction of sp³-hybridized carbons (Fsp3) is 0.429. The van der Waals surface area contributed by atoms with E-state index in [0.29, 0.717) is 23.7 Å². The van der Waals surface area contributed by atoms with Gasteiger partial charge in [0.1, 0.15) is 5.69 Å². The Morgan fingerprint density at radius 3 is 2.21 bits per heavy atom. The molecule has 2 aromatic rings. The van der Waals surface area contributed by atoms with Gasteiger partial charge in [-0.2, -0.15) is 13.2 Å². The molecule has 150 valence electrons. The zero-order chi connectivity index (χ0) is 20.3. The summed E-state index contributed by atoms with van der Waals surface area (Å²) < 4.78 is 37.9. The van der Waals surface area contributed by atoms with E-state index in [9.17, 15) is 18.0 Å². The van der Waals surface area contributed by atoms with E-state index < -0.39 is 11.9 Å². The summed E-state index contributed by atoms with van der Waals surface area (Å²) >= 11 is 0. The minimum absolute atomic E-state index is 0.0114. The van der Waals surface area contributed by atoms with Crippen molar-refractivity contribution in [2.45, 2.75) is 32.5 Å². The van der Waals surface area contributed by atoms with Crippen molar-refractivity contribution in [3.05, 3.63) is 53.9 Å². The first-order valence-corrected chi connectivity index (χ1v) is 9.43. The molecule has 2 heterocycles. The number of halogens is 3. The number of alkyl halides is 3. The smallest absolute Gasteiger partial charge is 0.337 e. The highest BCUT2D eigenvalue weighted by molar-refractivity contribution is 5.94. The summed E-state index contributed by atoms with van der Waals surface area (Å²) in [5.41, 5.74) is 0.968. The maximum absolute atomic E-state index is 12.8. The Kier molecular flexibility index (Phi) is 6.03. The number of aromatic nitrogens is 1. The Labute approximate surface area is 163 Å². The van der Waals surface area contributed by atoms with Crippen molar-refractivity contribution >= 4 is 5.91 Å². The largest absolute Gasteiger partial charge is 0.433 e. The van der Waals surface area contributed by atoms with Gasteiger partial charge in [-0.1, -0.05) is 18.2 Å². The normalized spacial score (nSPS) is 16.3. The molecular formula is C21H24F3N3O. The van der Waals surface area contributed by atoms with E-state index in [4.69, 9.17) is 0 Å². The molecule has 0 aliphatic carbocycles. The topological polar surface area (TPSA) is 36.4 Å². The van der Waals surface area contributed by atoms with Crippen molar-refractivity contribution in [2.24, 2.45) is 0 Å². The van der Waals surface area contributed by atoms with Crippen molar-refractivity contribution in [1.29, 1.82) is 0 Å². The van der Waals surface area contributed by atoms with E-state index in [-0.39, 0.29) is 5.91 Å². The Balaban J connectivity index is 1.69. The zero-order valence-corrected chi connectivity index (χ0v) is 16.0. The van der Waals surface area contributed by atoms with Gasteiger partial charge in [0.25, 0.3) is 5.91 Å². The van der Waals surface area contributed by atoms with E-state index in [1.54, 1.807) is 24.3 Å². The van der Waals surface area contributed by atoms with Gasteiger partial charge in [-0.05, 0) is 44.0 Å². The molecule has 3 rings (SSSR count). The minimum Gasteiger partial charge on any atom is -0.337 e.